The van der Waals surface area contributed by atoms with Crippen molar-refractivity contribution in [2.24, 2.45) is 0 Å². The minimum absolute atomic E-state index is 0.118. The van der Waals surface area contributed by atoms with Crippen LogP contribution in [-0.2, 0) is 9.47 Å². The van der Waals surface area contributed by atoms with E-state index in [0.29, 0.717) is 42.6 Å². The summed E-state index contributed by atoms with van der Waals surface area (Å²) < 4.78 is 10.0. The molecule has 0 atom stereocenters. The largest absolute Gasteiger partial charge is 0.398 e. The Morgan fingerprint density at radius 2 is 1.95 bits per heavy atom. The molecule has 2 N–H and O–H groups in total. The monoisotopic (exact) mass is 300 g/mol. The van der Waals surface area contributed by atoms with Crippen LogP contribution in [-0.4, -0.2) is 51.3 Å². The molecule has 0 aliphatic heterocycles. The first-order valence-electron chi connectivity index (χ1n) is 6.42. The average molecular weight is 301 g/mol. The van der Waals surface area contributed by atoms with Crippen LogP contribution >= 0.6 is 11.6 Å². The highest BCUT2D eigenvalue weighted by molar-refractivity contribution is 6.31. The van der Waals surface area contributed by atoms with Gasteiger partial charge in [0.05, 0.1) is 12.2 Å². The summed E-state index contributed by atoms with van der Waals surface area (Å²) in [5.41, 5.74) is 6.70. The number of anilines is 1. The first-order valence-corrected chi connectivity index (χ1v) is 6.80. The lowest BCUT2D eigenvalue weighted by Gasteiger charge is -2.23. The Balaban J connectivity index is 2.79. The molecule has 1 aromatic carbocycles. The lowest BCUT2D eigenvalue weighted by Crippen LogP contribution is -2.35. The number of rotatable bonds is 8. The van der Waals surface area contributed by atoms with Crippen LogP contribution in [0.15, 0.2) is 18.2 Å². The van der Waals surface area contributed by atoms with E-state index in [2.05, 4.69) is 0 Å². The lowest BCUT2D eigenvalue weighted by molar-refractivity contribution is 0.0675. The number of nitrogen functional groups attached to an aromatic ring is 1. The molecule has 1 amide bonds. The van der Waals surface area contributed by atoms with Crippen molar-refractivity contribution >= 4 is 23.2 Å². The molecule has 20 heavy (non-hydrogen) atoms. The Hall–Kier alpha value is -1.30. The zero-order valence-corrected chi connectivity index (χ0v) is 12.7. The van der Waals surface area contributed by atoms with Crippen molar-refractivity contribution in [3.8, 4) is 0 Å². The molecule has 5 nitrogen and oxygen atoms in total. The third kappa shape index (κ3) is 5.00. The van der Waals surface area contributed by atoms with E-state index in [4.69, 9.17) is 26.8 Å². The third-order valence-electron chi connectivity index (χ3n) is 2.87. The maximum absolute atomic E-state index is 12.5. The summed E-state index contributed by atoms with van der Waals surface area (Å²) in [6, 6.07) is 4.89. The van der Waals surface area contributed by atoms with E-state index in [0.717, 1.165) is 6.42 Å². The summed E-state index contributed by atoms with van der Waals surface area (Å²) in [7, 11) is 3.24. The van der Waals surface area contributed by atoms with Gasteiger partial charge in [-0.3, -0.25) is 4.79 Å². The Labute approximate surface area is 124 Å². The van der Waals surface area contributed by atoms with Gasteiger partial charge in [-0.1, -0.05) is 11.6 Å². The predicted octanol–water partition coefficient (Wildman–Crippen LogP) is 2.05. The molecule has 0 heterocycles. The number of amides is 1. The zero-order chi connectivity index (χ0) is 15.0. The number of nitrogens with two attached hydrogens (primary N) is 1. The first-order chi connectivity index (χ1) is 9.60. The number of hydrogen-bond acceptors (Lipinski definition) is 4. The Morgan fingerprint density at radius 3 is 2.55 bits per heavy atom. The molecule has 0 spiro atoms. The second kappa shape index (κ2) is 8.79. The Bertz CT molecular complexity index is 440. The van der Waals surface area contributed by atoms with Crippen LogP contribution in [0.1, 0.15) is 16.8 Å². The molecule has 0 bridgehead atoms. The second-order valence-electron chi connectivity index (χ2n) is 4.36. The van der Waals surface area contributed by atoms with Crippen molar-refractivity contribution in [3.63, 3.8) is 0 Å². The fourth-order valence-corrected chi connectivity index (χ4v) is 2.00. The molecule has 0 fully saturated rings. The molecule has 1 aromatic rings. The highest BCUT2D eigenvalue weighted by Gasteiger charge is 2.17. The van der Waals surface area contributed by atoms with Gasteiger partial charge in [0.1, 0.15) is 0 Å². The molecular formula is C14H21ClN2O3. The normalized spacial score (nSPS) is 10.6. The van der Waals surface area contributed by atoms with Gasteiger partial charge in [-0.25, -0.2) is 0 Å². The van der Waals surface area contributed by atoms with Crippen LogP contribution in [0.2, 0.25) is 5.02 Å². The minimum atomic E-state index is -0.118. The van der Waals surface area contributed by atoms with Crippen LogP contribution in [0.25, 0.3) is 0 Å². The van der Waals surface area contributed by atoms with E-state index in [1.807, 2.05) is 0 Å². The van der Waals surface area contributed by atoms with Crippen molar-refractivity contribution in [2.75, 3.05) is 46.3 Å². The molecule has 0 aromatic heterocycles. The SMILES string of the molecule is COCCCN(CCOC)C(=O)c1ccc(Cl)cc1N. The summed E-state index contributed by atoms with van der Waals surface area (Å²) in [5, 5.41) is 0.516. The Kier molecular flexibility index (Phi) is 7.36. The van der Waals surface area contributed by atoms with E-state index in [1.165, 1.54) is 0 Å². The maximum atomic E-state index is 12.5. The van der Waals surface area contributed by atoms with Crippen LogP contribution in [0.4, 0.5) is 5.69 Å². The van der Waals surface area contributed by atoms with Gasteiger partial charge in [0.2, 0.25) is 0 Å². The number of hydrogen-bond donors (Lipinski definition) is 1. The van der Waals surface area contributed by atoms with Crippen LogP contribution in [0, 0.1) is 0 Å². The summed E-state index contributed by atoms with van der Waals surface area (Å²) in [6.07, 6.45) is 0.763. The highest BCUT2D eigenvalue weighted by Crippen LogP contribution is 2.19. The summed E-state index contributed by atoms with van der Waals surface area (Å²) in [4.78, 5) is 14.2. The highest BCUT2D eigenvalue weighted by atomic mass is 35.5. The standard InChI is InChI=1S/C14H21ClN2O3/c1-19-8-3-6-17(7-9-20-2)14(18)12-5-4-11(15)10-13(12)16/h4-5,10H,3,6-9,16H2,1-2H3. The van der Waals surface area contributed by atoms with Gasteiger partial charge in [-0.05, 0) is 24.6 Å². The Morgan fingerprint density at radius 1 is 1.25 bits per heavy atom. The molecule has 112 valence electrons. The van der Waals surface area contributed by atoms with Crippen LogP contribution in [0.3, 0.4) is 0 Å². The van der Waals surface area contributed by atoms with Gasteiger partial charge in [0.25, 0.3) is 5.91 Å². The van der Waals surface area contributed by atoms with E-state index < -0.39 is 0 Å². The number of halogens is 1. The van der Waals surface area contributed by atoms with Crippen molar-refractivity contribution in [1.29, 1.82) is 0 Å². The van der Waals surface area contributed by atoms with Crippen molar-refractivity contribution < 1.29 is 14.3 Å². The minimum Gasteiger partial charge on any atom is -0.398 e. The van der Waals surface area contributed by atoms with Crippen LogP contribution < -0.4 is 5.73 Å². The lowest BCUT2D eigenvalue weighted by atomic mass is 10.1. The zero-order valence-electron chi connectivity index (χ0n) is 11.9. The van der Waals surface area contributed by atoms with Gasteiger partial charge in [-0.15, -0.1) is 0 Å². The van der Waals surface area contributed by atoms with Gasteiger partial charge < -0.3 is 20.1 Å². The van der Waals surface area contributed by atoms with Gasteiger partial charge >= 0.3 is 0 Å². The van der Waals surface area contributed by atoms with E-state index in [9.17, 15) is 4.79 Å². The first kappa shape index (κ1) is 16.8. The number of nitrogens with zero attached hydrogens (tertiary/aromatic N) is 1. The molecule has 0 aliphatic carbocycles. The summed E-state index contributed by atoms with van der Waals surface area (Å²) in [5.74, 6) is -0.118. The number of benzene rings is 1. The molecule has 0 radical (unpaired) electrons. The van der Waals surface area contributed by atoms with Gasteiger partial charge in [0.15, 0.2) is 0 Å². The molecule has 6 heteroatoms. The maximum Gasteiger partial charge on any atom is 0.256 e. The number of methoxy groups -OCH3 is 2. The summed E-state index contributed by atoms with van der Waals surface area (Å²) in [6.45, 7) is 2.19. The number of ether oxygens (including phenoxy) is 2. The molecule has 0 unspecified atom stereocenters. The molecule has 0 aliphatic rings. The molecule has 1 rings (SSSR count). The predicted molar refractivity (Wildman–Crippen MR) is 80.1 cm³/mol. The van der Waals surface area contributed by atoms with E-state index in [1.54, 1.807) is 37.3 Å². The fourth-order valence-electron chi connectivity index (χ4n) is 1.81. The second-order valence-corrected chi connectivity index (χ2v) is 4.80. The van der Waals surface area contributed by atoms with E-state index >= 15 is 0 Å². The number of carbonyl (C=O) groups excluding carboxylic acids is 1. The van der Waals surface area contributed by atoms with Crippen LogP contribution in [0.5, 0.6) is 0 Å². The topological polar surface area (TPSA) is 64.8 Å². The average Bonchev–Trinajstić information content (AvgIpc) is 2.42. The molecular weight excluding hydrogens is 280 g/mol. The van der Waals surface area contributed by atoms with Crippen molar-refractivity contribution in [1.82, 2.24) is 4.90 Å². The quantitative estimate of drug-likeness (QED) is 0.589. The van der Waals surface area contributed by atoms with Gasteiger partial charge in [-0.2, -0.15) is 0 Å². The summed E-state index contributed by atoms with van der Waals surface area (Å²) >= 11 is 5.85. The number of carbonyl (C=O) groups is 1. The van der Waals surface area contributed by atoms with E-state index in [-0.39, 0.29) is 5.91 Å². The third-order valence-corrected chi connectivity index (χ3v) is 3.11. The van der Waals surface area contributed by atoms with Crippen molar-refractivity contribution in [3.05, 3.63) is 28.8 Å². The smallest absolute Gasteiger partial charge is 0.256 e. The fraction of sp³-hybridized carbons (Fsp3) is 0.500. The molecule has 0 saturated carbocycles. The molecule has 0 saturated heterocycles. The van der Waals surface area contributed by atoms with Crippen molar-refractivity contribution in [2.45, 2.75) is 6.42 Å². The van der Waals surface area contributed by atoms with Gasteiger partial charge in [0, 0.05) is 44.6 Å².